The average Bonchev–Trinajstić information content (AvgIpc) is 2.62. The first-order valence-electron chi connectivity index (χ1n) is 8.79. The summed E-state index contributed by atoms with van der Waals surface area (Å²) in [6.07, 6.45) is -3.20. The van der Waals surface area contributed by atoms with Gasteiger partial charge in [0.05, 0.1) is 18.5 Å². The van der Waals surface area contributed by atoms with E-state index in [4.69, 9.17) is 0 Å². The molecule has 0 aromatic heterocycles. The van der Waals surface area contributed by atoms with Crippen LogP contribution in [0.3, 0.4) is 0 Å². The molecule has 1 N–H and O–H groups in total. The summed E-state index contributed by atoms with van der Waals surface area (Å²) in [4.78, 5) is 28.0. The lowest BCUT2D eigenvalue weighted by Crippen LogP contribution is -2.57. The second-order valence-corrected chi connectivity index (χ2v) is 6.73. The molecule has 2 fully saturated rings. The standard InChI is InChI=1S/C18H22F3N3O2.ClH/c19-18(20,21)15-6-2-1-4-13(15)10-16(25)23-8-3-5-14(12-23)24-9-7-22-11-17(24)26;/h1-2,4,6,14,22H,3,5,7-12H2;1H. The number of benzene rings is 1. The Bertz CT molecular complexity index is 684. The predicted molar refractivity (Wildman–Crippen MR) is 96.6 cm³/mol. The lowest BCUT2D eigenvalue weighted by Gasteiger charge is -2.41. The van der Waals surface area contributed by atoms with Gasteiger partial charge in [-0.05, 0) is 24.5 Å². The highest BCUT2D eigenvalue weighted by atomic mass is 35.5. The zero-order chi connectivity index (χ0) is 18.7. The van der Waals surface area contributed by atoms with Crippen molar-refractivity contribution in [3.8, 4) is 0 Å². The van der Waals surface area contributed by atoms with Crippen LogP contribution in [-0.4, -0.2) is 60.4 Å². The molecule has 1 atom stereocenters. The van der Waals surface area contributed by atoms with E-state index in [9.17, 15) is 22.8 Å². The fraction of sp³-hybridized carbons (Fsp3) is 0.556. The number of nitrogens with one attached hydrogen (secondary N) is 1. The molecule has 2 aliphatic rings. The van der Waals surface area contributed by atoms with Crippen LogP contribution >= 0.6 is 12.4 Å². The van der Waals surface area contributed by atoms with E-state index in [1.54, 1.807) is 9.80 Å². The molecule has 0 radical (unpaired) electrons. The zero-order valence-corrected chi connectivity index (χ0v) is 15.6. The molecule has 2 saturated heterocycles. The van der Waals surface area contributed by atoms with Crippen LogP contribution in [0, 0.1) is 0 Å². The molecule has 2 amide bonds. The number of piperidine rings is 1. The van der Waals surface area contributed by atoms with Crippen molar-refractivity contribution in [3.05, 3.63) is 35.4 Å². The Kier molecular flexibility index (Phi) is 7.11. The Labute approximate surface area is 162 Å². The number of carbonyl (C=O) groups excluding carboxylic acids is 2. The van der Waals surface area contributed by atoms with Gasteiger partial charge in [0.2, 0.25) is 11.8 Å². The number of nitrogens with zero attached hydrogens (tertiary/aromatic N) is 2. The molecule has 0 spiro atoms. The summed E-state index contributed by atoms with van der Waals surface area (Å²) >= 11 is 0. The zero-order valence-electron chi connectivity index (χ0n) is 14.8. The number of carbonyl (C=O) groups is 2. The molecule has 1 aromatic carbocycles. The minimum atomic E-state index is -4.48. The molecule has 9 heteroatoms. The summed E-state index contributed by atoms with van der Waals surface area (Å²) in [7, 11) is 0. The number of rotatable bonds is 3. The van der Waals surface area contributed by atoms with Crippen molar-refractivity contribution >= 4 is 24.2 Å². The van der Waals surface area contributed by atoms with E-state index in [1.165, 1.54) is 18.2 Å². The van der Waals surface area contributed by atoms with Crippen LogP contribution in [0.4, 0.5) is 13.2 Å². The van der Waals surface area contributed by atoms with Gasteiger partial charge in [-0.2, -0.15) is 13.2 Å². The van der Waals surface area contributed by atoms with Crippen LogP contribution in [0.1, 0.15) is 24.0 Å². The smallest absolute Gasteiger partial charge is 0.340 e. The molecule has 2 aliphatic heterocycles. The van der Waals surface area contributed by atoms with Gasteiger partial charge in [-0.3, -0.25) is 9.59 Å². The van der Waals surface area contributed by atoms with Gasteiger partial charge in [-0.15, -0.1) is 12.4 Å². The van der Waals surface area contributed by atoms with Crippen molar-refractivity contribution in [3.63, 3.8) is 0 Å². The molecular weight excluding hydrogens is 383 g/mol. The van der Waals surface area contributed by atoms with Crippen molar-refractivity contribution in [2.75, 3.05) is 32.7 Å². The number of hydrogen-bond acceptors (Lipinski definition) is 3. The lowest BCUT2D eigenvalue weighted by atomic mass is 10.00. The number of hydrogen-bond donors (Lipinski definition) is 1. The minimum absolute atomic E-state index is 0. The van der Waals surface area contributed by atoms with E-state index in [0.717, 1.165) is 25.5 Å². The molecule has 0 bridgehead atoms. The maximum Gasteiger partial charge on any atom is 0.416 e. The first-order chi connectivity index (χ1) is 12.4. The van der Waals surface area contributed by atoms with Gasteiger partial charge in [0, 0.05) is 32.2 Å². The van der Waals surface area contributed by atoms with Gasteiger partial charge in [-0.1, -0.05) is 18.2 Å². The van der Waals surface area contributed by atoms with Crippen molar-refractivity contribution < 1.29 is 22.8 Å². The summed E-state index contributed by atoms with van der Waals surface area (Å²) in [5, 5.41) is 3.01. The summed E-state index contributed by atoms with van der Waals surface area (Å²) in [5.41, 5.74) is -0.774. The number of amides is 2. The molecule has 0 saturated carbocycles. The normalized spacial score (nSPS) is 21.0. The Balaban J connectivity index is 0.00000261. The van der Waals surface area contributed by atoms with E-state index >= 15 is 0 Å². The van der Waals surface area contributed by atoms with Crippen LogP contribution in [0.5, 0.6) is 0 Å². The second-order valence-electron chi connectivity index (χ2n) is 6.73. The van der Waals surface area contributed by atoms with E-state index in [1.807, 2.05) is 0 Å². The summed E-state index contributed by atoms with van der Waals surface area (Å²) in [5.74, 6) is -0.313. The van der Waals surface area contributed by atoms with Crippen molar-refractivity contribution in [2.24, 2.45) is 0 Å². The molecular formula is C18H23ClF3N3O2. The fourth-order valence-electron chi connectivity index (χ4n) is 3.67. The largest absolute Gasteiger partial charge is 0.416 e. The molecule has 1 aromatic rings. The number of alkyl halides is 3. The fourth-order valence-corrected chi connectivity index (χ4v) is 3.67. The van der Waals surface area contributed by atoms with Crippen LogP contribution < -0.4 is 5.32 Å². The Morgan fingerprint density at radius 2 is 1.96 bits per heavy atom. The van der Waals surface area contributed by atoms with Gasteiger partial charge in [-0.25, -0.2) is 0 Å². The first-order valence-corrected chi connectivity index (χ1v) is 8.79. The molecule has 0 aliphatic carbocycles. The second kappa shape index (κ2) is 8.93. The Hall–Kier alpha value is -1.80. The molecule has 5 nitrogen and oxygen atoms in total. The summed E-state index contributed by atoms with van der Waals surface area (Å²) < 4.78 is 39.3. The van der Waals surface area contributed by atoms with Gasteiger partial charge in [0.15, 0.2) is 0 Å². The highest BCUT2D eigenvalue weighted by Gasteiger charge is 2.35. The third-order valence-electron chi connectivity index (χ3n) is 4.98. The van der Waals surface area contributed by atoms with Gasteiger partial charge in [0.25, 0.3) is 0 Å². The molecule has 1 unspecified atom stereocenters. The first kappa shape index (κ1) is 21.5. The maximum absolute atomic E-state index is 13.1. The van der Waals surface area contributed by atoms with Crippen molar-refractivity contribution in [2.45, 2.75) is 31.5 Å². The van der Waals surface area contributed by atoms with E-state index < -0.39 is 11.7 Å². The molecule has 150 valence electrons. The predicted octanol–water partition coefficient (Wildman–Crippen LogP) is 2.09. The topological polar surface area (TPSA) is 52.7 Å². The monoisotopic (exact) mass is 405 g/mol. The number of piperazine rings is 1. The average molecular weight is 406 g/mol. The van der Waals surface area contributed by atoms with Gasteiger partial charge < -0.3 is 15.1 Å². The third-order valence-corrected chi connectivity index (χ3v) is 4.98. The SMILES string of the molecule is Cl.O=C(Cc1ccccc1C(F)(F)F)N1CCCC(N2CCNCC2=O)C1. The molecule has 27 heavy (non-hydrogen) atoms. The minimum Gasteiger partial charge on any atom is -0.340 e. The quantitative estimate of drug-likeness (QED) is 0.837. The lowest BCUT2D eigenvalue weighted by molar-refractivity contribution is -0.141. The van der Waals surface area contributed by atoms with Crippen molar-refractivity contribution in [1.82, 2.24) is 15.1 Å². The maximum atomic E-state index is 13.1. The highest BCUT2D eigenvalue weighted by molar-refractivity contribution is 5.85. The van der Waals surface area contributed by atoms with Gasteiger partial charge >= 0.3 is 6.18 Å². The number of halogens is 4. The Morgan fingerprint density at radius 1 is 1.22 bits per heavy atom. The summed E-state index contributed by atoms with van der Waals surface area (Å²) in [6.45, 7) is 2.52. The van der Waals surface area contributed by atoms with Crippen LogP contribution in [0.25, 0.3) is 0 Å². The van der Waals surface area contributed by atoms with E-state index in [0.29, 0.717) is 26.2 Å². The molecule has 3 rings (SSSR count). The third kappa shape index (κ3) is 5.13. The van der Waals surface area contributed by atoms with E-state index in [-0.39, 0.29) is 42.2 Å². The number of likely N-dealkylation sites (tertiary alicyclic amines) is 1. The Morgan fingerprint density at radius 3 is 2.67 bits per heavy atom. The molecule has 2 heterocycles. The van der Waals surface area contributed by atoms with Crippen LogP contribution in [0.2, 0.25) is 0 Å². The highest BCUT2D eigenvalue weighted by Crippen LogP contribution is 2.32. The summed E-state index contributed by atoms with van der Waals surface area (Å²) in [6, 6.07) is 5.13. The van der Waals surface area contributed by atoms with Gasteiger partial charge in [0.1, 0.15) is 0 Å². The van der Waals surface area contributed by atoms with Crippen molar-refractivity contribution in [1.29, 1.82) is 0 Å². The van der Waals surface area contributed by atoms with Crippen LogP contribution in [0.15, 0.2) is 24.3 Å². The van der Waals surface area contributed by atoms with Crippen LogP contribution in [-0.2, 0) is 22.2 Å². The van der Waals surface area contributed by atoms with E-state index in [2.05, 4.69) is 5.32 Å².